The van der Waals surface area contributed by atoms with Crippen LogP contribution in [-0.4, -0.2) is 29.1 Å². The number of hydrogen-bond donors (Lipinski definition) is 1. The van der Waals surface area contributed by atoms with E-state index >= 15 is 0 Å². The number of anilines is 2. The number of nitrogens with one attached hydrogen (secondary N) is 1. The smallest absolute Gasteiger partial charge is 0.134 e. The van der Waals surface area contributed by atoms with Gasteiger partial charge in [-0.2, -0.15) is 0 Å². The second-order valence-electron chi connectivity index (χ2n) is 4.92. The van der Waals surface area contributed by atoms with Gasteiger partial charge in [-0.05, 0) is 25.2 Å². The standard InChI is InChI=1S/C12H18N4/c1-9-6-10(9)15-11-7-12(14-8-13-11)16-4-2-3-5-16/h7-10H,2-6H2,1H3,(H,13,14,15). The van der Waals surface area contributed by atoms with Crippen LogP contribution in [0, 0.1) is 5.92 Å². The van der Waals surface area contributed by atoms with E-state index in [1.54, 1.807) is 6.33 Å². The number of nitrogens with zero attached hydrogens (tertiary/aromatic N) is 3. The molecule has 2 heterocycles. The molecule has 3 rings (SSSR count). The van der Waals surface area contributed by atoms with Gasteiger partial charge in [0.15, 0.2) is 0 Å². The predicted molar refractivity (Wildman–Crippen MR) is 64.7 cm³/mol. The lowest BCUT2D eigenvalue weighted by molar-refractivity contribution is 0.908. The van der Waals surface area contributed by atoms with Crippen molar-refractivity contribution in [1.29, 1.82) is 0 Å². The van der Waals surface area contributed by atoms with Gasteiger partial charge in [0.1, 0.15) is 18.0 Å². The van der Waals surface area contributed by atoms with Gasteiger partial charge in [-0.3, -0.25) is 0 Å². The van der Waals surface area contributed by atoms with Crippen molar-refractivity contribution in [3.05, 3.63) is 12.4 Å². The van der Waals surface area contributed by atoms with Crippen LogP contribution >= 0.6 is 0 Å². The molecule has 2 unspecified atom stereocenters. The van der Waals surface area contributed by atoms with Crippen molar-refractivity contribution < 1.29 is 0 Å². The molecule has 1 aliphatic heterocycles. The van der Waals surface area contributed by atoms with Crippen LogP contribution in [0.3, 0.4) is 0 Å². The van der Waals surface area contributed by atoms with Gasteiger partial charge < -0.3 is 10.2 Å². The average Bonchev–Trinajstić information content (AvgIpc) is 2.83. The Labute approximate surface area is 96.1 Å². The first-order chi connectivity index (χ1) is 7.83. The quantitative estimate of drug-likeness (QED) is 0.841. The molecule has 4 heteroatoms. The Bertz CT molecular complexity index is 373. The third kappa shape index (κ3) is 1.96. The summed E-state index contributed by atoms with van der Waals surface area (Å²) < 4.78 is 0. The Morgan fingerprint density at radius 1 is 1.31 bits per heavy atom. The SMILES string of the molecule is CC1CC1Nc1cc(N2CCCC2)ncn1. The molecule has 0 spiro atoms. The van der Waals surface area contributed by atoms with E-state index in [1.165, 1.54) is 19.3 Å². The zero-order chi connectivity index (χ0) is 11.0. The highest BCUT2D eigenvalue weighted by molar-refractivity contribution is 5.50. The fourth-order valence-electron chi connectivity index (χ4n) is 2.26. The Kier molecular flexibility index (Phi) is 2.42. The zero-order valence-corrected chi connectivity index (χ0v) is 9.69. The molecule has 1 saturated carbocycles. The van der Waals surface area contributed by atoms with E-state index in [2.05, 4.69) is 33.2 Å². The minimum atomic E-state index is 0.626. The molecule has 0 amide bonds. The van der Waals surface area contributed by atoms with Gasteiger partial charge in [0.25, 0.3) is 0 Å². The second kappa shape index (κ2) is 3.92. The first kappa shape index (κ1) is 9.87. The fourth-order valence-corrected chi connectivity index (χ4v) is 2.26. The van der Waals surface area contributed by atoms with E-state index in [0.717, 1.165) is 30.6 Å². The Balaban J connectivity index is 1.71. The van der Waals surface area contributed by atoms with Crippen molar-refractivity contribution in [2.24, 2.45) is 5.92 Å². The maximum atomic E-state index is 4.34. The molecular formula is C12H18N4. The van der Waals surface area contributed by atoms with Gasteiger partial charge in [0.05, 0.1) is 0 Å². The van der Waals surface area contributed by atoms with Crippen LogP contribution in [-0.2, 0) is 0 Å². The molecule has 86 valence electrons. The van der Waals surface area contributed by atoms with E-state index < -0.39 is 0 Å². The summed E-state index contributed by atoms with van der Waals surface area (Å²) in [5.41, 5.74) is 0. The lowest BCUT2D eigenvalue weighted by Gasteiger charge is -2.16. The largest absolute Gasteiger partial charge is 0.367 e. The summed E-state index contributed by atoms with van der Waals surface area (Å²) in [6.07, 6.45) is 5.50. The van der Waals surface area contributed by atoms with Crippen molar-refractivity contribution in [2.75, 3.05) is 23.3 Å². The number of hydrogen-bond acceptors (Lipinski definition) is 4. The van der Waals surface area contributed by atoms with E-state index in [0.29, 0.717) is 6.04 Å². The van der Waals surface area contributed by atoms with Crippen LogP contribution in [0.15, 0.2) is 12.4 Å². The minimum Gasteiger partial charge on any atom is -0.367 e. The molecule has 2 atom stereocenters. The Hall–Kier alpha value is -1.32. The topological polar surface area (TPSA) is 41.0 Å². The highest BCUT2D eigenvalue weighted by atomic mass is 15.2. The molecule has 0 radical (unpaired) electrons. The Morgan fingerprint density at radius 2 is 2.06 bits per heavy atom. The van der Waals surface area contributed by atoms with Crippen LogP contribution in [0.5, 0.6) is 0 Å². The van der Waals surface area contributed by atoms with Gasteiger partial charge in [0.2, 0.25) is 0 Å². The minimum absolute atomic E-state index is 0.626. The fraction of sp³-hybridized carbons (Fsp3) is 0.667. The second-order valence-corrected chi connectivity index (χ2v) is 4.92. The molecule has 1 N–H and O–H groups in total. The summed E-state index contributed by atoms with van der Waals surface area (Å²) in [6, 6.07) is 2.71. The van der Waals surface area contributed by atoms with Gasteiger partial charge in [-0.15, -0.1) is 0 Å². The van der Waals surface area contributed by atoms with E-state index in [1.807, 2.05) is 0 Å². The number of aromatic nitrogens is 2. The van der Waals surface area contributed by atoms with E-state index in [4.69, 9.17) is 0 Å². The van der Waals surface area contributed by atoms with Gasteiger partial charge in [-0.25, -0.2) is 9.97 Å². The van der Waals surface area contributed by atoms with Crippen molar-refractivity contribution in [2.45, 2.75) is 32.2 Å². The number of rotatable bonds is 3. The van der Waals surface area contributed by atoms with Crippen LogP contribution in [0.2, 0.25) is 0 Å². The normalized spacial score (nSPS) is 28.2. The van der Waals surface area contributed by atoms with Crippen LogP contribution in [0.25, 0.3) is 0 Å². The molecule has 0 aromatic carbocycles. The summed E-state index contributed by atoms with van der Waals surface area (Å²) >= 11 is 0. The summed E-state index contributed by atoms with van der Waals surface area (Å²) in [6.45, 7) is 4.53. The molecule has 0 bridgehead atoms. The molecule has 2 aliphatic rings. The lowest BCUT2D eigenvalue weighted by atomic mass is 10.4. The van der Waals surface area contributed by atoms with Crippen LogP contribution < -0.4 is 10.2 Å². The first-order valence-corrected chi connectivity index (χ1v) is 6.16. The van der Waals surface area contributed by atoms with Crippen molar-refractivity contribution in [1.82, 2.24) is 9.97 Å². The summed E-state index contributed by atoms with van der Waals surface area (Å²) in [7, 11) is 0. The highest BCUT2D eigenvalue weighted by Crippen LogP contribution is 2.32. The predicted octanol–water partition coefficient (Wildman–Crippen LogP) is 1.90. The van der Waals surface area contributed by atoms with Crippen molar-refractivity contribution in [3.63, 3.8) is 0 Å². The highest BCUT2D eigenvalue weighted by Gasteiger charge is 2.32. The molecule has 1 saturated heterocycles. The van der Waals surface area contributed by atoms with Gasteiger partial charge >= 0.3 is 0 Å². The van der Waals surface area contributed by atoms with E-state index in [9.17, 15) is 0 Å². The Morgan fingerprint density at radius 3 is 2.75 bits per heavy atom. The summed E-state index contributed by atoms with van der Waals surface area (Å²) in [5, 5.41) is 3.45. The molecular weight excluding hydrogens is 200 g/mol. The van der Waals surface area contributed by atoms with Crippen molar-refractivity contribution >= 4 is 11.6 Å². The van der Waals surface area contributed by atoms with Gasteiger partial charge in [0, 0.05) is 25.2 Å². The monoisotopic (exact) mass is 218 g/mol. The summed E-state index contributed by atoms with van der Waals surface area (Å²) in [4.78, 5) is 11.0. The maximum Gasteiger partial charge on any atom is 0.134 e. The molecule has 4 nitrogen and oxygen atoms in total. The maximum absolute atomic E-state index is 4.34. The molecule has 1 aromatic rings. The van der Waals surface area contributed by atoms with Crippen molar-refractivity contribution in [3.8, 4) is 0 Å². The first-order valence-electron chi connectivity index (χ1n) is 6.16. The zero-order valence-electron chi connectivity index (χ0n) is 9.69. The third-order valence-electron chi connectivity index (χ3n) is 3.53. The molecule has 2 fully saturated rings. The lowest BCUT2D eigenvalue weighted by Crippen LogP contribution is -2.19. The van der Waals surface area contributed by atoms with Gasteiger partial charge in [-0.1, -0.05) is 6.92 Å². The molecule has 1 aliphatic carbocycles. The van der Waals surface area contributed by atoms with Crippen LogP contribution in [0.4, 0.5) is 11.6 Å². The third-order valence-corrected chi connectivity index (χ3v) is 3.53. The average molecular weight is 218 g/mol. The van der Waals surface area contributed by atoms with E-state index in [-0.39, 0.29) is 0 Å². The summed E-state index contributed by atoms with van der Waals surface area (Å²) in [5.74, 6) is 2.85. The van der Waals surface area contributed by atoms with Crippen LogP contribution in [0.1, 0.15) is 26.2 Å². The molecule has 16 heavy (non-hydrogen) atoms. The molecule has 1 aromatic heterocycles.